The van der Waals surface area contributed by atoms with Gasteiger partial charge in [-0.2, -0.15) is 0 Å². The summed E-state index contributed by atoms with van der Waals surface area (Å²) in [5.74, 6) is -2.19. The van der Waals surface area contributed by atoms with Crippen LogP contribution >= 0.6 is 7.60 Å². The van der Waals surface area contributed by atoms with Crippen molar-refractivity contribution < 1.29 is 47.5 Å². The molecule has 1 fully saturated rings. The molecule has 250 valence electrons. The van der Waals surface area contributed by atoms with Gasteiger partial charge < -0.3 is 14.4 Å². The Labute approximate surface area is 266 Å². The van der Waals surface area contributed by atoms with E-state index < -0.39 is 48.2 Å². The van der Waals surface area contributed by atoms with E-state index in [1.807, 2.05) is 0 Å². The Bertz CT molecular complexity index is 1280. The van der Waals surface area contributed by atoms with E-state index >= 15 is 0 Å². The number of benzene rings is 1. The number of esters is 1. The first-order valence-electron chi connectivity index (χ1n) is 15.1. The number of carbonyl (C=O) groups excluding carboxylic acids is 3. The summed E-state index contributed by atoms with van der Waals surface area (Å²) >= 11 is 0. The lowest BCUT2D eigenvalue weighted by Gasteiger charge is -2.31. The zero-order chi connectivity index (χ0) is 33.6. The van der Waals surface area contributed by atoms with Crippen LogP contribution in [0.2, 0.25) is 0 Å². The van der Waals surface area contributed by atoms with Crippen LogP contribution in [0, 0.1) is 11.8 Å². The summed E-state index contributed by atoms with van der Waals surface area (Å²) in [5, 5.41) is 0. The van der Waals surface area contributed by atoms with Crippen molar-refractivity contribution in [3.63, 3.8) is 0 Å². The molecule has 11 nitrogen and oxygen atoms in total. The lowest BCUT2D eigenvalue weighted by molar-refractivity contribution is -0.326. The van der Waals surface area contributed by atoms with E-state index in [2.05, 4.69) is 0 Å². The molecule has 1 heterocycles. The number of ketones is 1. The van der Waals surface area contributed by atoms with Crippen molar-refractivity contribution in [2.24, 2.45) is 11.8 Å². The van der Waals surface area contributed by atoms with E-state index in [0.29, 0.717) is 5.56 Å². The Hall–Kier alpha value is -2.66. The highest BCUT2D eigenvalue weighted by Crippen LogP contribution is 2.53. The fraction of sp³-hybridized carbons (Fsp3) is 0.606. The molecule has 2 aliphatic rings. The van der Waals surface area contributed by atoms with Crippen molar-refractivity contribution in [1.82, 2.24) is 4.90 Å². The first kappa shape index (κ1) is 36.8. The summed E-state index contributed by atoms with van der Waals surface area (Å²) in [7, 11) is -3.89. The van der Waals surface area contributed by atoms with Crippen LogP contribution < -0.4 is 0 Å². The predicted octanol–water partition coefficient (Wildman–Crippen LogP) is 6.26. The van der Waals surface area contributed by atoms with Gasteiger partial charge in [-0.05, 0) is 85.9 Å². The van der Waals surface area contributed by atoms with Crippen molar-refractivity contribution in [3.8, 4) is 0 Å². The molecule has 1 aromatic carbocycles. The lowest BCUT2D eigenvalue weighted by atomic mass is 9.89. The minimum Gasteiger partial charge on any atom is -0.460 e. The molecule has 1 aliphatic heterocycles. The maximum absolute atomic E-state index is 14.0. The fourth-order valence-electron chi connectivity index (χ4n) is 4.60. The van der Waals surface area contributed by atoms with Gasteiger partial charge in [0.2, 0.25) is 5.91 Å². The number of allylic oxidation sites excluding steroid dienone is 3. The van der Waals surface area contributed by atoms with Crippen molar-refractivity contribution in [3.05, 3.63) is 59.7 Å². The molecule has 3 atom stereocenters. The number of carbonyl (C=O) groups is 3. The van der Waals surface area contributed by atoms with E-state index in [1.165, 1.54) is 6.08 Å². The molecule has 1 aliphatic carbocycles. The molecule has 0 N–H and O–H groups in total. The molecular formula is C33H48NO10P. The summed E-state index contributed by atoms with van der Waals surface area (Å²) in [6, 6.07) is 6.60. The van der Waals surface area contributed by atoms with Gasteiger partial charge in [0.25, 0.3) is 0 Å². The molecule has 0 saturated carbocycles. The smallest absolute Gasteiger partial charge is 0.388 e. The molecule has 0 radical (unpaired) electrons. The van der Waals surface area contributed by atoms with Gasteiger partial charge in [-0.3, -0.25) is 18.9 Å². The summed E-state index contributed by atoms with van der Waals surface area (Å²) in [4.78, 5) is 51.6. The quantitative estimate of drug-likeness (QED) is 0.111. The molecule has 0 bridgehead atoms. The lowest BCUT2D eigenvalue weighted by Crippen LogP contribution is -2.47. The maximum Gasteiger partial charge on any atom is 0.388 e. The van der Waals surface area contributed by atoms with Gasteiger partial charge in [0.05, 0.1) is 48.3 Å². The van der Waals surface area contributed by atoms with E-state index in [-0.39, 0.29) is 44.0 Å². The van der Waals surface area contributed by atoms with Crippen LogP contribution in [-0.4, -0.2) is 58.7 Å². The van der Waals surface area contributed by atoms with Gasteiger partial charge in [-0.1, -0.05) is 42.5 Å². The summed E-state index contributed by atoms with van der Waals surface area (Å²) < 4.78 is 35.3. The van der Waals surface area contributed by atoms with Gasteiger partial charge in [0, 0.05) is 0 Å². The van der Waals surface area contributed by atoms with Crippen LogP contribution in [0.4, 0.5) is 0 Å². The van der Waals surface area contributed by atoms with Crippen molar-refractivity contribution >= 4 is 25.3 Å². The molecular weight excluding hydrogens is 601 g/mol. The molecule has 1 unspecified atom stereocenters. The first-order chi connectivity index (χ1) is 20.7. The third-order valence-electron chi connectivity index (χ3n) is 6.50. The molecule has 1 aromatic rings. The molecule has 12 heteroatoms. The van der Waals surface area contributed by atoms with Crippen LogP contribution in [0.15, 0.2) is 48.6 Å². The van der Waals surface area contributed by atoms with Crippen LogP contribution in [0.25, 0.3) is 0 Å². The number of hydrogen-bond acceptors (Lipinski definition) is 10. The largest absolute Gasteiger partial charge is 0.460 e. The minimum atomic E-state index is -3.89. The zero-order valence-electron chi connectivity index (χ0n) is 27.9. The van der Waals surface area contributed by atoms with E-state index in [0.717, 1.165) is 5.56 Å². The van der Waals surface area contributed by atoms with Gasteiger partial charge in [0.1, 0.15) is 12.3 Å². The summed E-state index contributed by atoms with van der Waals surface area (Å²) in [6.07, 6.45) is 6.65. The maximum atomic E-state index is 14.0. The Kier molecular flexibility index (Phi) is 12.1. The molecule has 1 amide bonds. The number of hydrogen-bond donors (Lipinski definition) is 0. The first-order valence-corrected chi connectivity index (χ1v) is 16.9. The fourth-order valence-corrected chi connectivity index (χ4v) is 6.06. The van der Waals surface area contributed by atoms with E-state index in [4.69, 9.17) is 28.6 Å². The van der Waals surface area contributed by atoms with Crippen molar-refractivity contribution in [2.75, 3.05) is 13.3 Å². The Morgan fingerprint density at radius 2 is 1.49 bits per heavy atom. The average Bonchev–Trinajstić information content (AvgIpc) is 3.39. The second kappa shape index (κ2) is 14.8. The molecule has 0 aromatic heterocycles. The molecule has 3 rings (SSSR count). The Morgan fingerprint density at radius 3 is 2.02 bits per heavy atom. The standard InChI is InChI=1S/C33H48NO10P/c1-31(2,3)40-29(36)19-25(30(37)34-22-39-20-27(34)26-12-10-11-13-28(26)35)18-23-14-16-24(17-15-23)21-45(38,43-41-32(4,5)6)44-42-33(7,8)9/h10-17,25-27H,18-22H2,1-9H3/t25-,26?,27-/m1/s1. The van der Waals surface area contributed by atoms with E-state index in [1.54, 1.807) is 110 Å². The average molecular weight is 650 g/mol. The number of nitrogens with zero attached hydrogens (tertiary/aromatic N) is 1. The predicted molar refractivity (Wildman–Crippen MR) is 167 cm³/mol. The molecule has 0 spiro atoms. The Morgan fingerprint density at radius 1 is 0.911 bits per heavy atom. The monoisotopic (exact) mass is 649 g/mol. The van der Waals surface area contributed by atoms with Gasteiger partial charge in [-0.25, -0.2) is 9.78 Å². The number of amides is 1. The normalized spacial score (nSPS) is 20.0. The Balaban J connectivity index is 1.80. The van der Waals surface area contributed by atoms with E-state index in [9.17, 15) is 18.9 Å². The van der Waals surface area contributed by atoms with Crippen LogP contribution in [0.1, 0.15) is 79.9 Å². The second-order valence-corrected chi connectivity index (χ2v) is 16.2. The number of ether oxygens (including phenoxy) is 2. The third-order valence-corrected chi connectivity index (χ3v) is 7.86. The summed E-state index contributed by atoms with van der Waals surface area (Å²) in [5.41, 5.74) is -0.811. The topological polar surface area (TPSA) is 127 Å². The highest BCUT2D eigenvalue weighted by Gasteiger charge is 2.41. The molecule has 45 heavy (non-hydrogen) atoms. The highest BCUT2D eigenvalue weighted by molar-refractivity contribution is 7.52. The highest BCUT2D eigenvalue weighted by atomic mass is 31.2. The van der Waals surface area contributed by atoms with Crippen LogP contribution in [0.3, 0.4) is 0 Å². The zero-order valence-corrected chi connectivity index (χ0v) is 28.8. The van der Waals surface area contributed by atoms with Crippen molar-refractivity contribution in [1.29, 1.82) is 0 Å². The summed E-state index contributed by atoms with van der Waals surface area (Å²) in [6.45, 7) is 16.1. The van der Waals surface area contributed by atoms with Crippen molar-refractivity contribution in [2.45, 2.75) is 104 Å². The van der Waals surface area contributed by atoms with Crippen LogP contribution in [-0.2, 0) is 60.1 Å². The SMILES string of the molecule is CC(C)(C)OOP(=O)(Cc1ccc(C[C@H](CC(=O)OC(C)(C)C)C(=O)N2COC[C@@H]2C2C=CC=CC2=O)cc1)OOC(C)(C)C. The van der Waals surface area contributed by atoms with Gasteiger partial charge in [0.15, 0.2) is 5.78 Å². The third kappa shape index (κ3) is 12.2. The minimum absolute atomic E-state index is 0.0249. The van der Waals surface area contributed by atoms with Gasteiger partial charge >= 0.3 is 13.6 Å². The second-order valence-electron chi connectivity index (χ2n) is 14.4. The van der Waals surface area contributed by atoms with Gasteiger partial charge in [-0.15, -0.1) is 9.35 Å². The van der Waals surface area contributed by atoms with Crippen LogP contribution in [0.5, 0.6) is 0 Å². The number of rotatable bonds is 12. The molecule has 1 saturated heterocycles.